The third-order valence-corrected chi connectivity index (χ3v) is 7.32. The summed E-state index contributed by atoms with van der Waals surface area (Å²) in [5.74, 6) is -0.0711. The van der Waals surface area contributed by atoms with Crippen LogP contribution in [-0.4, -0.2) is 17.4 Å². The molecule has 3 atom stereocenters. The Kier molecular flexibility index (Phi) is 3.62. The van der Waals surface area contributed by atoms with E-state index < -0.39 is 0 Å². The zero-order chi connectivity index (χ0) is 19.5. The molecule has 2 aliphatic heterocycles. The molecule has 4 nitrogen and oxygen atoms in total. The number of aliphatic imine (C=N–C) groups is 1. The second kappa shape index (κ2) is 6.22. The summed E-state index contributed by atoms with van der Waals surface area (Å²) in [5, 5.41) is 2.06. The van der Waals surface area contributed by atoms with Gasteiger partial charge in [-0.2, -0.15) is 0 Å². The van der Waals surface area contributed by atoms with E-state index in [1.165, 1.54) is 4.88 Å². The van der Waals surface area contributed by atoms with Crippen LogP contribution in [0.5, 0.6) is 0 Å². The van der Waals surface area contributed by atoms with Gasteiger partial charge in [0.15, 0.2) is 0 Å². The summed E-state index contributed by atoms with van der Waals surface area (Å²) in [6.07, 6.45) is 1.26. The van der Waals surface area contributed by atoms with Gasteiger partial charge in [0, 0.05) is 28.5 Å². The van der Waals surface area contributed by atoms with Gasteiger partial charge in [-0.05, 0) is 41.6 Å². The SMILES string of the molecule is O=C1C[C@@H](c2cccs2)CC2=Nc3ccccc3N3C(=O)c4ccccc4[C@H]3[C@H]12. The van der Waals surface area contributed by atoms with Crippen LogP contribution in [0.3, 0.4) is 0 Å². The molecular weight excluding hydrogens is 380 g/mol. The van der Waals surface area contributed by atoms with Crippen molar-refractivity contribution in [1.82, 2.24) is 0 Å². The molecule has 1 fully saturated rings. The van der Waals surface area contributed by atoms with Crippen LogP contribution >= 0.6 is 11.3 Å². The van der Waals surface area contributed by atoms with Crippen LogP contribution in [0.25, 0.3) is 0 Å². The van der Waals surface area contributed by atoms with E-state index in [-0.39, 0.29) is 29.6 Å². The van der Waals surface area contributed by atoms with E-state index in [2.05, 4.69) is 11.4 Å². The van der Waals surface area contributed by atoms with E-state index in [0.717, 1.165) is 29.1 Å². The largest absolute Gasteiger partial charge is 0.299 e. The Balaban J connectivity index is 1.55. The van der Waals surface area contributed by atoms with Crippen molar-refractivity contribution in [3.8, 4) is 0 Å². The molecule has 142 valence electrons. The Morgan fingerprint density at radius 1 is 0.931 bits per heavy atom. The van der Waals surface area contributed by atoms with Crippen LogP contribution in [0.1, 0.15) is 45.6 Å². The molecule has 1 aliphatic carbocycles. The van der Waals surface area contributed by atoms with E-state index in [1.807, 2.05) is 59.5 Å². The Bertz CT molecular complexity index is 1180. The number of nitrogens with zero attached hydrogens (tertiary/aromatic N) is 2. The van der Waals surface area contributed by atoms with Gasteiger partial charge in [-0.25, -0.2) is 0 Å². The van der Waals surface area contributed by atoms with Crippen LogP contribution in [0, 0.1) is 5.92 Å². The first kappa shape index (κ1) is 16.9. The second-order valence-corrected chi connectivity index (χ2v) is 8.84. The molecular formula is C24H18N2O2S. The lowest BCUT2D eigenvalue weighted by Crippen LogP contribution is -2.41. The monoisotopic (exact) mass is 398 g/mol. The average Bonchev–Trinajstić information content (AvgIpc) is 3.33. The Morgan fingerprint density at radius 3 is 2.62 bits per heavy atom. The number of benzene rings is 2. The predicted octanol–water partition coefficient (Wildman–Crippen LogP) is 5.30. The molecule has 3 heterocycles. The zero-order valence-corrected chi connectivity index (χ0v) is 16.4. The van der Waals surface area contributed by atoms with Crippen molar-refractivity contribution in [2.45, 2.75) is 24.8 Å². The van der Waals surface area contributed by atoms with E-state index in [9.17, 15) is 9.59 Å². The predicted molar refractivity (Wildman–Crippen MR) is 114 cm³/mol. The molecule has 5 heteroatoms. The van der Waals surface area contributed by atoms with E-state index in [1.54, 1.807) is 11.3 Å². The van der Waals surface area contributed by atoms with Gasteiger partial charge in [-0.1, -0.05) is 36.4 Å². The highest BCUT2D eigenvalue weighted by Crippen LogP contribution is 2.51. The fraction of sp³-hybridized carbons (Fsp3) is 0.208. The number of carbonyl (C=O) groups excluding carboxylic acids is 2. The molecule has 1 amide bonds. The molecule has 0 N–H and O–H groups in total. The molecule has 1 saturated carbocycles. The number of anilines is 1. The molecule has 0 bridgehead atoms. The number of fused-ring (bicyclic) bond motifs is 7. The van der Waals surface area contributed by atoms with E-state index >= 15 is 0 Å². The summed E-state index contributed by atoms with van der Waals surface area (Å²) < 4.78 is 0. The van der Waals surface area contributed by atoms with Crippen LogP contribution in [0.15, 0.2) is 71.0 Å². The van der Waals surface area contributed by atoms with Gasteiger partial charge >= 0.3 is 0 Å². The summed E-state index contributed by atoms with van der Waals surface area (Å²) in [4.78, 5) is 34.8. The standard InChI is InChI=1S/C24H18N2O2S/c27-20-13-14(21-10-5-11-29-21)12-18-22(20)23-15-6-1-2-7-16(15)24(28)26(23)19-9-4-3-8-17(19)25-18/h1-11,14,22-23H,12-13H2/t14-,22-,23-/m0/s1. The van der Waals surface area contributed by atoms with Gasteiger partial charge in [0.1, 0.15) is 5.78 Å². The number of para-hydroxylation sites is 2. The minimum absolute atomic E-state index is 0.0392. The van der Waals surface area contributed by atoms with Crippen molar-refractivity contribution in [1.29, 1.82) is 0 Å². The summed E-state index contributed by atoms with van der Waals surface area (Å²) >= 11 is 1.70. The Morgan fingerprint density at radius 2 is 1.76 bits per heavy atom. The highest BCUT2D eigenvalue weighted by Gasteiger charge is 2.50. The fourth-order valence-corrected chi connectivity index (χ4v) is 5.89. The number of amides is 1. The fourth-order valence-electron chi connectivity index (χ4n) is 5.06. The number of Topliss-reactive ketones (excluding diaryl/α,β-unsaturated/α-hetero) is 1. The van der Waals surface area contributed by atoms with E-state index in [4.69, 9.17) is 4.99 Å². The molecule has 0 saturated heterocycles. The lowest BCUT2D eigenvalue weighted by molar-refractivity contribution is -0.122. The van der Waals surface area contributed by atoms with Crippen LogP contribution in [0.4, 0.5) is 11.4 Å². The van der Waals surface area contributed by atoms with Gasteiger partial charge in [-0.3, -0.25) is 19.5 Å². The molecule has 3 aromatic rings. The lowest BCUT2D eigenvalue weighted by Gasteiger charge is -2.34. The normalized spacial score (nSPS) is 24.9. The van der Waals surface area contributed by atoms with Gasteiger partial charge < -0.3 is 0 Å². The highest BCUT2D eigenvalue weighted by atomic mass is 32.1. The quantitative estimate of drug-likeness (QED) is 0.559. The molecule has 29 heavy (non-hydrogen) atoms. The van der Waals surface area contributed by atoms with Crippen LogP contribution < -0.4 is 4.90 Å². The van der Waals surface area contributed by atoms with Crippen LogP contribution in [0.2, 0.25) is 0 Å². The maximum Gasteiger partial charge on any atom is 0.259 e. The van der Waals surface area contributed by atoms with E-state index in [0.29, 0.717) is 12.0 Å². The van der Waals surface area contributed by atoms with Crippen molar-refractivity contribution in [2.24, 2.45) is 10.9 Å². The molecule has 0 spiro atoms. The minimum atomic E-state index is -0.383. The third kappa shape index (κ3) is 2.40. The first-order chi connectivity index (χ1) is 14.2. The van der Waals surface area contributed by atoms with Crippen molar-refractivity contribution in [2.75, 3.05) is 4.90 Å². The van der Waals surface area contributed by atoms with Gasteiger partial charge in [-0.15, -0.1) is 11.3 Å². The highest BCUT2D eigenvalue weighted by molar-refractivity contribution is 7.10. The molecule has 1 aromatic heterocycles. The van der Waals surface area contributed by atoms with Gasteiger partial charge in [0.05, 0.1) is 23.3 Å². The first-order valence-corrected chi connectivity index (χ1v) is 10.8. The van der Waals surface area contributed by atoms with Gasteiger partial charge in [0.25, 0.3) is 5.91 Å². The molecule has 3 aliphatic rings. The molecule has 0 radical (unpaired) electrons. The average molecular weight is 398 g/mol. The zero-order valence-electron chi connectivity index (χ0n) is 15.6. The lowest BCUT2D eigenvalue weighted by atomic mass is 9.74. The number of carbonyl (C=O) groups is 2. The summed E-state index contributed by atoms with van der Waals surface area (Å²) in [6, 6.07) is 19.3. The number of thiophene rings is 1. The topological polar surface area (TPSA) is 49.7 Å². The summed E-state index contributed by atoms with van der Waals surface area (Å²) in [7, 11) is 0. The smallest absolute Gasteiger partial charge is 0.259 e. The Labute approximate surface area is 172 Å². The van der Waals surface area contributed by atoms with Crippen molar-refractivity contribution >= 4 is 40.1 Å². The molecule has 6 rings (SSSR count). The third-order valence-electron chi connectivity index (χ3n) is 6.28. The second-order valence-electron chi connectivity index (χ2n) is 7.86. The maximum atomic E-state index is 13.5. The number of hydrogen-bond donors (Lipinski definition) is 0. The van der Waals surface area contributed by atoms with Crippen LogP contribution in [-0.2, 0) is 4.79 Å². The maximum absolute atomic E-state index is 13.5. The van der Waals surface area contributed by atoms with Crippen molar-refractivity contribution in [3.05, 3.63) is 82.0 Å². The minimum Gasteiger partial charge on any atom is -0.299 e. The summed E-state index contributed by atoms with van der Waals surface area (Å²) in [5.41, 5.74) is 4.11. The Hall–Kier alpha value is -3.05. The molecule has 2 aromatic carbocycles. The first-order valence-electron chi connectivity index (χ1n) is 9.87. The van der Waals surface area contributed by atoms with Crippen molar-refractivity contribution < 1.29 is 9.59 Å². The number of ketones is 1. The summed E-state index contributed by atoms with van der Waals surface area (Å²) in [6.45, 7) is 0. The number of hydrogen-bond acceptors (Lipinski definition) is 4. The van der Waals surface area contributed by atoms with Crippen molar-refractivity contribution in [3.63, 3.8) is 0 Å². The number of rotatable bonds is 1. The van der Waals surface area contributed by atoms with Gasteiger partial charge in [0.2, 0.25) is 0 Å². The molecule has 0 unspecified atom stereocenters.